The highest BCUT2D eigenvalue weighted by Crippen LogP contribution is 2.29. The summed E-state index contributed by atoms with van der Waals surface area (Å²) in [5, 5.41) is 9.55. The van der Waals surface area contributed by atoms with Crippen molar-refractivity contribution in [1.29, 1.82) is 0 Å². The molecule has 1 amide bonds. The van der Waals surface area contributed by atoms with Crippen LogP contribution in [0.15, 0.2) is 24.5 Å². The quantitative estimate of drug-likeness (QED) is 0.361. The molecule has 0 bridgehead atoms. The number of benzene rings is 1. The lowest BCUT2D eigenvalue weighted by Gasteiger charge is -2.13. The lowest BCUT2D eigenvalue weighted by Crippen LogP contribution is -2.25. The average molecular weight is 449 g/mol. The summed E-state index contributed by atoms with van der Waals surface area (Å²) < 4.78 is 94.1. The molecule has 166 valence electrons. The maximum Gasteiger partial charge on any atom is 0.435 e. The van der Waals surface area contributed by atoms with E-state index < -0.39 is 59.2 Å². The molecule has 0 aliphatic carbocycles. The first kappa shape index (κ1) is 22.3. The van der Waals surface area contributed by atoms with Crippen LogP contribution in [0.3, 0.4) is 0 Å². The smallest absolute Gasteiger partial charge is 0.322 e. The lowest BCUT2D eigenvalue weighted by atomic mass is 10.2. The van der Waals surface area contributed by atoms with Gasteiger partial charge in [0, 0.05) is 23.5 Å². The van der Waals surface area contributed by atoms with E-state index in [1.807, 2.05) is 0 Å². The first-order chi connectivity index (χ1) is 14.4. The third-order valence-corrected chi connectivity index (χ3v) is 4.39. The van der Waals surface area contributed by atoms with Crippen molar-refractivity contribution in [1.82, 2.24) is 19.6 Å². The molecule has 1 N–H and O–H groups in total. The number of amides is 1. The normalized spacial score (nSPS) is 12.8. The standard InChI is InChI=1S/C18H14F7N5O/c1-8-3-14(18(23,24)25)28-30(8)9(2)17(31)27-10-5-26-29(6-10)7-11-12(19)4-13(20)16(22)15(11)21/h3-6,9H,7H2,1-2H3,(H,27,31). The van der Waals surface area contributed by atoms with Crippen molar-refractivity contribution < 1.29 is 35.5 Å². The van der Waals surface area contributed by atoms with Gasteiger partial charge in [-0.2, -0.15) is 23.4 Å². The summed E-state index contributed by atoms with van der Waals surface area (Å²) in [6, 6.07) is -0.129. The van der Waals surface area contributed by atoms with Crippen LogP contribution in [0.5, 0.6) is 0 Å². The molecule has 0 aliphatic heterocycles. The third-order valence-electron chi connectivity index (χ3n) is 4.39. The molecule has 0 aliphatic rings. The molecular formula is C18H14F7N5O. The molecule has 1 atom stereocenters. The van der Waals surface area contributed by atoms with Crippen LogP contribution in [0, 0.1) is 30.2 Å². The number of rotatable bonds is 5. The number of carbonyl (C=O) groups is 1. The Morgan fingerprint density at radius 1 is 1.13 bits per heavy atom. The van der Waals surface area contributed by atoms with Gasteiger partial charge < -0.3 is 5.32 Å². The summed E-state index contributed by atoms with van der Waals surface area (Å²) in [6.07, 6.45) is -2.41. The molecule has 0 fully saturated rings. The van der Waals surface area contributed by atoms with Gasteiger partial charge in [0.05, 0.1) is 18.4 Å². The number of aromatic nitrogens is 4. The molecule has 31 heavy (non-hydrogen) atoms. The monoisotopic (exact) mass is 449 g/mol. The molecule has 6 nitrogen and oxygen atoms in total. The Hall–Kier alpha value is -3.38. The largest absolute Gasteiger partial charge is 0.435 e. The van der Waals surface area contributed by atoms with E-state index in [9.17, 15) is 35.5 Å². The van der Waals surface area contributed by atoms with Crippen molar-refractivity contribution in [3.63, 3.8) is 0 Å². The van der Waals surface area contributed by atoms with E-state index in [-0.39, 0.29) is 17.4 Å². The summed E-state index contributed by atoms with van der Waals surface area (Å²) >= 11 is 0. The molecule has 13 heteroatoms. The maximum absolute atomic E-state index is 13.8. The molecule has 1 aromatic carbocycles. The third kappa shape index (κ3) is 4.54. The number of hydrogen-bond acceptors (Lipinski definition) is 3. The minimum absolute atomic E-state index is 0.0566. The highest BCUT2D eigenvalue weighted by Gasteiger charge is 2.35. The summed E-state index contributed by atoms with van der Waals surface area (Å²) in [6.45, 7) is 2.08. The molecule has 2 heterocycles. The fourth-order valence-corrected chi connectivity index (χ4v) is 2.80. The second-order valence-electron chi connectivity index (χ2n) is 6.65. The minimum Gasteiger partial charge on any atom is -0.322 e. The maximum atomic E-state index is 13.8. The fourth-order valence-electron chi connectivity index (χ4n) is 2.80. The lowest BCUT2D eigenvalue weighted by molar-refractivity contribution is -0.141. The molecule has 2 aromatic heterocycles. The van der Waals surface area contributed by atoms with Crippen molar-refractivity contribution in [2.24, 2.45) is 0 Å². The zero-order chi connectivity index (χ0) is 23.1. The number of anilines is 1. The summed E-state index contributed by atoms with van der Waals surface area (Å²) in [7, 11) is 0. The number of halogens is 7. The number of carbonyl (C=O) groups excluding carboxylic acids is 1. The van der Waals surface area contributed by atoms with Gasteiger partial charge in [0.25, 0.3) is 0 Å². The van der Waals surface area contributed by atoms with Gasteiger partial charge in [-0.05, 0) is 19.9 Å². The number of nitrogens with one attached hydrogen (secondary N) is 1. The van der Waals surface area contributed by atoms with Crippen LogP contribution in [0.25, 0.3) is 0 Å². The highest BCUT2D eigenvalue weighted by atomic mass is 19.4. The Balaban J connectivity index is 1.74. The predicted molar refractivity (Wildman–Crippen MR) is 92.9 cm³/mol. The Morgan fingerprint density at radius 3 is 2.42 bits per heavy atom. The van der Waals surface area contributed by atoms with E-state index in [0.717, 1.165) is 27.8 Å². The minimum atomic E-state index is -4.67. The zero-order valence-electron chi connectivity index (χ0n) is 15.9. The van der Waals surface area contributed by atoms with Crippen molar-refractivity contribution in [2.45, 2.75) is 32.6 Å². The van der Waals surface area contributed by atoms with Gasteiger partial charge >= 0.3 is 6.18 Å². The van der Waals surface area contributed by atoms with Gasteiger partial charge in [0.2, 0.25) is 5.91 Å². The molecule has 0 spiro atoms. The Labute approximate surface area is 170 Å². The van der Waals surface area contributed by atoms with Crippen molar-refractivity contribution in [3.05, 3.63) is 64.7 Å². The molecule has 3 aromatic rings. The van der Waals surface area contributed by atoms with Crippen LogP contribution < -0.4 is 5.32 Å². The number of alkyl halides is 3. The fraction of sp³-hybridized carbons (Fsp3) is 0.278. The molecule has 0 saturated carbocycles. The molecule has 0 radical (unpaired) electrons. The van der Waals surface area contributed by atoms with Gasteiger partial charge in [0.1, 0.15) is 11.9 Å². The number of nitrogens with zero attached hydrogens (tertiary/aromatic N) is 4. The molecule has 1 unspecified atom stereocenters. The van der Waals surface area contributed by atoms with Crippen LogP contribution in [-0.2, 0) is 17.5 Å². The van der Waals surface area contributed by atoms with E-state index >= 15 is 0 Å². The Bertz CT molecular complexity index is 1140. The van der Waals surface area contributed by atoms with Crippen LogP contribution in [0.2, 0.25) is 0 Å². The van der Waals surface area contributed by atoms with Gasteiger partial charge in [-0.3, -0.25) is 14.2 Å². The van der Waals surface area contributed by atoms with Crippen molar-refractivity contribution in [3.8, 4) is 0 Å². The van der Waals surface area contributed by atoms with Crippen LogP contribution in [-0.4, -0.2) is 25.5 Å². The zero-order valence-corrected chi connectivity index (χ0v) is 15.9. The van der Waals surface area contributed by atoms with Crippen LogP contribution in [0.4, 0.5) is 36.4 Å². The van der Waals surface area contributed by atoms with Crippen molar-refractivity contribution in [2.75, 3.05) is 5.32 Å². The Morgan fingerprint density at radius 2 is 1.81 bits per heavy atom. The van der Waals surface area contributed by atoms with E-state index in [2.05, 4.69) is 15.5 Å². The van der Waals surface area contributed by atoms with Gasteiger partial charge in [-0.1, -0.05) is 0 Å². The average Bonchev–Trinajstić information content (AvgIpc) is 3.29. The first-order valence-electron chi connectivity index (χ1n) is 8.67. The molecule has 3 rings (SSSR count). The van der Waals surface area contributed by atoms with E-state index in [4.69, 9.17) is 0 Å². The summed E-state index contributed by atoms with van der Waals surface area (Å²) in [4.78, 5) is 12.4. The Kier molecular flexibility index (Phi) is 5.79. The van der Waals surface area contributed by atoms with Gasteiger partial charge in [0.15, 0.2) is 23.1 Å². The summed E-state index contributed by atoms with van der Waals surface area (Å²) in [5.41, 5.74) is -1.76. The molecule has 0 saturated heterocycles. The van der Waals surface area contributed by atoms with E-state index in [1.165, 1.54) is 13.8 Å². The topological polar surface area (TPSA) is 64.7 Å². The van der Waals surface area contributed by atoms with Crippen LogP contribution >= 0.6 is 0 Å². The van der Waals surface area contributed by atoms with E-state index in [0.29, 0.717) is 0 Å². The first-order valence-corrected chi connectivity index (χ1v) is 8.67. The second-order valence-corrected chi connectivity index (χ2v) is 6.65. The van der Waals surface area contributed by atoms with Gasteiger partial charge in [-0.25, -0.2) is 17.6 Å². The number of aryl methyl sites for hydroxylation is 1. The highest BCUT2D eigenvalue weighted by molar-refractivity contribution is 5.93. The molecular weight excluding hydrogens is 435 g/mol. The van der Waals surface area contributed by atoms with E-state index in [1.54, 1.807) is 0 Å². The van der Waals surface area contributed by atoms with Gasteiger partial charge in [-0.15, -0.1) is 0 Å². The summed E-state index contributed by atoms with van der Waals surface area (Å²) in [5.74, 6) is -7.27. The second kappa shape index (κ2) is 8.04. The van der Waals surface area contributed by atoms with Crippen LogP contribution in [0.1, 0.15) is 29.9 Å². The van der Waals surface area contributed by atoms with Crippen molar-refractivity contribution >= 4 is 11.6 Å². The number of hydrogen-bond donors (Lipinski definition) is 1. The SMILES string of the molecule is Cc1cc(C(F)(F)F)nn1C(C)C(=O)Nc1cnn(Cc2c(F)cc(F)c(F)c2F)c1. The predicted octanol–water partition coefficient (Wildman–Crippen LogP) is 4.21.